The van der Waals surface area contributed by atoms with E-state index in [1.807, 2.05) is 0 Å². The third-order valence-corrected chi connectivity index (χ3v) is 5.20. The first-order valence-corrected chi connectivity index (χ1v) is 11.2. The topological polar surface area (TPSA) is 70.3 Å². The maximum absolute atomic E-state index is 12.6. The van der Waals surface area contributed by atoms with Crippen LogP contribution in [-0.4, -0.2) is 28.8 Å². The maximum Gasteiger partial charge on any atom is 0.417 e. The molecule has 3 aromatic rings. The summed E-state index contributed by atoms with van der Waals surface area (Å²) in [5, 5.41) is 4.37. The van der Waals surface area contributed by atoms with Gasteiger partial charge in [-0.05, 0) is 49.1 Å². The minimum atomic E-state index is -4.43. The molecule has 0 aliphatic rings. The van der Waals surface area contributed by atoms with Crippen LogP contribution in [0.15, 0.2) is 45.6 Å². The Morgan fingerprint density at radius 3 is 2.62 bits per heavy atom. The van der Waals surface area contributed by atoms with Crippen molar-refractivity contribution in [1.82, 2.24) is 15.1 Å². The molecule has 0 aliphatic heterocycles. The van der Waals surface area contributed by atoms with E-state index >= 15 is 0 Å². The van der Waals surface area contributed by atoms with Crippen LogP contribution in [0.2, 0.25) is 5.02 Å². The summed E-state index contributed by atoms with van der Waals surface area (Å²) in [5.41, 5.74) is 0.545. The molecule has 0 saturated carbocycles. The Kier molecular flexibility index (Phi) is 9.04. The van der Waals surface area contributed by atoms with Gasteiger partial charge in [0.1, 0.15) is 10.2 Å². The number of hydrogen-bond acceptors (Lipinski definition) is 6. The first kappa shape index (κ1) is 26.1. The Hall–Kier alpha value is -2.49. The van der Waals surface area contributed by atoms with Gasteiger partial charge in [0.15, 0.2) is 5.82 Å². The monoisotopic (exact) mass is 535 g/mol. The molecule has 0 radical (unpaired) electrons. The van der Waals surface area contributed by atoms with Crippen LogP contribution in [0, 0.1) is 0 Å². The zero-order valence-electron chi connectivity index (χ0n) is 17.8. The summed E-state index contributed by atoms with van der Waals surface area (Å²) in [5.74, 6) is 1.26. The number of allylic oxidation sites excluding steroid dienone is 1. The Bertz CT molecular complexity index is 1130. The van der Waals surface area contributed by atoms with E-state index in [-0.39, 0.29) is 22.9 Å². The number of aromatic nitrogens is 3. The summed E-state index contributed by atoms with van der Waals surface area (Å²) in [4.78, 5) is 8.08. The molecule has 1 aromatic carbocycles. The van der Waals surface area contributed by atoms with E-state index in [2.05, 4.69) is 15.1 Å². The number of aryl methyl sites for hydroxylation is 1. The Balaban J connectivity index is 1.56. The van der Waals surface area contributed by atoms with Gasteiger partial charge < -0.3 is 14.0 Å². The lowest BCUT2D eigenvalue weighted by Crippen LogP contribution is -2.06. The molecule has 6 nitrogen and oxygen atoms in total. The number of halogens is 6. The lowest BCUT2D eigenvalue weighted by molar-refractivity contribution is -0.137. The smallest absolute Gasteiger partial charge is 0.417 e. The average Bonchev–Trinajstić information content (AvgIpc) is 3.25. The van der Waals surface area contributed by atoms with Crippen molar-refractivity contribution in [3.63, 3.8) is 0 Å². The van der Waals surface area contributed by atoms with Crippen LogP contribution in [0.25, 0.3) is 11.5 Å². The molecule has 0 aliphatic carbocycles. The third-order valence-electron chi connectivity index (χ3n) is 4.61. The highest BCUT2D eigenvalue weighted by atomic mass is 35.5. The van der Waals surface area contributed by atoms with E-state index < -0.39 is 11.7 Å². The van der Waals surface area contributed by atoms with Gasteiger partial charge >= 0.3 is 6.18 Å². The number of ether oxygens (including phenoxy) is 2. The number of methoxy groups -OCH3 is 1. The molecule has 0 N–H and O–H groups in total. The summed E-state index contributed by atoms with van der Waals surface area (Å²) < 4.78 is 54.0. The van der Waals surface area contributed by atoms with Crippen LogP contribution < -0.4 is 9.47 Å². The second-order valence-corrected chi connectivity index (χ2v) is 8.48. The molecular weight excluding hydrogens is 518 g/mol. The van der Waals surface area contributed by atoms with Crippen molar-refractivity contribution in [2.24, 2.45) is 0 Å². The fourth-order valence-corrected chi connectivity index (χ4v) is 3.46. The molecule has 182 valence electrons. The normalized spacial score (nSPS) is 11.4. The minimum absolute atomic E-state index is 0.129. The van der Waals surface area contributed by atoms with Gasteiger partial charge in [-0.1, -0.05) is 40.0 Å². The van der Waals surface area contributed by atoms with Gasteiger partial charge in [-0.25, -0.2) is 4.98 Å². The van der Waals surface area contributed by atoms with E-state index in [0.29, 0.717) is 47.8 Å². The van der Waals surface area contributed by atoms with Gasteiger partial charge in [-0.15, -0.1) is 0 Å². The fraction of sp³-hybridized carbons (Fsp3) is 0.318. The summed E-state index contributed by atoms with van der Waals surface area (Å²) in [7, 11) is 1.49. The van der Waals surface area contributed by atoms with Crippen LogP contribution in [-0.2, 0) is 19.0 Å². The first-order chi connectivity index (χ1) is 16.2. The predicted octanol–water partition coefficient (Wildman–Crippen LogP) is 7.08. The van der Waals surface area contributed by atoms with Crippen LogP contribution in [0.3, 0.4) is 0 Å². The molecule has 0 bridgehead atoms. The van der Waals surface area contributed by atoms with Crippen molar-refractivity contribution in [2.75, 3.05) is 13.7 Å². The Morgan fingerprint density at radius 1 is 1.18 bits per heavy atom. The van der Waals surface area contributed by atoms with Crippen LogP contribution >= 0.6 is 34.8 Å². The molecule has 3 rings (SSSR count). The number of unbranched alkanes of at least 4 members (excludes halogenated alkanes) is 1. The van der Waals surface area contributed by atoms with E-state index in [1.54, 1.807) is 18.2 Å². The second kappa shape index (κ2) is 11.8. The SMILES string of the molecule is COc1c(Cl)cc(CC=C(Cl)Cl)cc1-c1nc(CCCCOc2ccc(C(F)(F)F)cn2)no1. The molecular formula is C22H19Cl3F3N3O3. The molecule has 34 heavy (non-hydrogen) atoms. The van der Waals surface area contributed by atoms with E-state index in [9.17, 15) is 13.2 Å². The van der Waals surface area contributed by atoms with E-state index in [0.717, 1.165) is 17.8 Å². The van der Waals surface area contributed by atoms with Crippen LogP contribution in [0.4, 0.5) is 13.2 Å². The third kappa shape index (κ3) is 7.25. The highest BCUT2D eigenvalue weighted by Gasteiger charge is 2.30. The van der Waals surface area contributed by atoms with Crippen LogP contribution in [0.1, 0.15) is 29.8 Å². The molecule has 2 aromatic heterocycles. The maximum atomic E-state index is 12.6. The zero-order valence-corrected chi connectivity index (χ0v) is 20.1. The number of pyridine rings is 1. The van der Waals surface area contributed by atoms with Gasteiger partial charge in [0.05, 0.1) is 29.9 Å². The number of alkyl halides is 3. The van der Waals surface area contributed by atoms with Gasteiger partial charge in [0, 0.05) is 18.7 Å². The fourth-order valence-electron chi connectivity index (χ4n) is 2.99. The van der Waals surface area contributed by atoms with Gasteiger partial charge in [0.25, 0.3) is 5.89 Å². The summed E-state index contributed by atoms with van der Waals surface area (Å²) in [6.45, 7) is 0.283. The Labute approximate surface area is 208 Å². The molecule has 12 heteroatoms. The molecule has 0 atom stereocenters. The molecule has 0 fully saturated rings. The minimum Gasteiger partial charge on any atom is -0.494 e. The number of hydrogen-bond donors (Lipinski definition) is 0. The molecule has 0 saturated heterocycles. The number of nitrogens with zero attached hydrogens (tertiary/aromatic N) is 3. The standard InChI is InChI=1S/C22H19Cl3F3N3O3/c1-32-20-15(10-13(11-16(20)23)5-7-17(24)25)21-30-18(31-34-21)4-2-3-9-33-19-8-6-14(12-29-19)22(26,27)28/h6-8,10-12H,2-5,9H2,1H3. The van der Waals surface area contributed by atoms with E-state index in [1.165, 1.54) is 13.2 Å². The first-order valence-electron chi connectivity index (χ1n) is 10.0. The lowest BCUT2D eigenvalue weighted by Gasteiger charge is -2.09. The van der Waals surface area contributed by atoms with Crippen molar-refractivity contribution in [1.29, 1.82) is 0 Å². The van der Waals surface area contributed by atoms with Gasteiger partial charge in [-0.3, -0.25) is 0 Å². The van der Waals surface area contributed by atoms with Gasteiger partial charge in [-0.2, -0.15) is 18.2 Å². The highest BCUT2D eigenvalue weighted by Crippen LogP contribution is 2.37. The largest absolute Gasteiger partial charge is 0.494 e. The molecule has 2 heterocycles. The van der Waals surface area contributed by atoms with Gasteiger partial charge in [0.2, 0.25) is 5.88 Å². The van der Waals surface area contributed by atoms with Crippen molar-refractivity contribution in [3.05, 3.63) is 63.0 Å². The molecule has 0 amide bonds. The number of benzene rings is 1. The summed E-state index contributed by atoms with van der Waals surface area (Å²) in [6.07, 6.45) is 0.181. The lowest BCUT2D eigenvalue weighted by atomic mass is 10.1. The quantitative estimate of drug-likeness (QED) is 0.258. The Morgan fingerprint density at radius 2 is 1.97 bits per heavy atom. The summed E-state index contributed by atoms with van der Waals surface area (Å²) in [6, 6.07) is 5.66. The van der Waals surface area contributed by atoms with Crippen molar-refractivity contribution in [3.8, 4) is 23.1 Å². The highest BCUT2D eigenvalue weighted by molar-refractivity contribution is 6.55. The zero-order chi connectivity index (χ0) is 24.7. The van der Waals surface area contributed by atoms with Crippen molar-refractivity contribution in [2.45, 2.75) is 31.9 Å². The number of rotatable bonds is 10. The average molecular weight is 537 g/mol. The van der Waals surface area contributed by atoms with Crippen molar-refractivity contribution < 1.29 is 27.2 Å². The molecule has 0 spiro atoms. The molecule has 0 unspecified atom stereocenters. The second-order valence-electron chi connectivity index (χ2n) is 7.06. The van der Waals surface area contributed by atoms with E-state index in [4.69, 9.17) is 48.8 Å². The van der Waals surface area contributed by atoms with Crippen LogP contribution in [0.5, 0.6) is 11.6 Å². The summed E-state index contributed by atoms with van der Waals surface area (Å²) >= 11 is 17.7. The van der Waals surface area contributed by atoms with Crippen molar-refractivity contribution >= 4 is 34.8 Å². The predicted molar refractivity (Wildman–Crippen MR) is 122 cm³/mol.